The zero-order valence-electron chi connectivity index (χ0n) is 20.2. The molecular weight excluding hydrogens is 516 g/mol. The molecule has 12 heteroatoms. The van der Waals surface area contributed by atoms with Gasteiger partial charge in [-0.25, -0.2) is 4.79 Å². The number of hydrogen-bond donors (Lipinski definition) is 5. The molecule has 4 aliphatic rings. The molecule has 0 amide bonds. The van der Waals surface area contributed by atoms with E-state index in [4.69, 9.17) is 9.15 Å². The number of methoxy groups -OCH3 is 1. The third-order valence-corrected chi connectivity index (χ3v) is 7.74. The van der Waals surface area contributed by atoms with Gasteiger partial charge in [-0.1, -0.05) is 6.07 Å². The molecule has 12 nitrogen and oxygen atoms in total. The second kappa shape index (κ2) is 7.40. The van der Waals surface area contributed by atoms with Crippen LogP contribution in [0.3, 0.4) is 0 Å². The number of aliphatic hydroxyl groups excluding tert-OH is 2. The molecule has 5 N–H and O–H groups in total. The predicted octanol–water partition coefficient (Wildman–Crippen LogP) is -2.23. The number of hydrogen-bond acceptors (Lipinski definition) is 12. The van der Waals surface area contributed by atoms with E-state index >= 15 is 0 Å². The molecule has 0 radical (unpaired) electrons. The first-order chi connectivity index (χ1) is 18.3. The molecule has 39 heavy (non-hydrogen) atoms. The van der Waals surface area contributed by atoms with Crippen molar-refractivity contribution in [3.8, 4) is 11.5 Å². The van der Waals surface area contributed by atoms with Crippen molar-refractivity contribution in [3.05, 3.63) is 107 Å². The predicted molar refractivity (Wildman–Crippen MR) is 133 cm³/mol. The van der Waals surface area contributed by atoms with Gasteiger partial charge in [-0.3, -0.25) is 19.2 Å². The zero-order chi connectivity index (χ0) is 28.3. The van der Waals surface area contributed by atoms with E-state index in [1.165, 1.54) is 19.1 Å². The summed E-state index contributed by atoms with van der Waals surface area (Å²) in [5.41, 5.74) is -12.5. The molecule has 198 valence electrons. The van der Waals surface area contributed by atoms with Crippen molar-refractivity contribution in [1.29, 1.82) is 0 Å². The first-order valence-corrected chi connectivity index (χ1v) is 11.6. The van der Waals surface area contributed by atoms with Gasteiger partial charge in [-0.15, -0.1) is 0 Å². The summed E-state index contributed by atoms with van der Waals surface area (Å²) in [6.07, 6.45) is -0.660. The fourth-order valence-electron chi connectivity index (χ4n) is 5.96. The van der Waals surface area contributed by atoms with E-state index in [0.717, 1.165) is 7.11 Å². The number of aryl methyl sites for hydroxylation is 2. The summed E-state index contributed by atoms with van der Waals surface area (Å²) in [4.78, 5) is 65.2. The number of phenolic OH excluding ortho intramolecular Hbond substituents is 1. The van der Waals surface area contributed by atoms with Crippen LogP contribution in [0.1, 0.15) is 23.3 Å². The van der Waals surface area contributed by atoms with Crippen LogP contribution < -0.4 is 42.5 Å². The molecular formula is C27H18O12. The molecule has 1 aromatic heterocycles. The summed E-state index contributed by atoms with van der Waals surface area (Å²) in [5.74, 6) is -3.87. The topological polar surface area (TPSA) is 209 Å². The number of ether oxygens (including phenoxy) is 1. The van der Waals surface area contributed by atoms with Gasteiger partial charge in [0.2, 0.25) is 16.3 Å². The van der Waals surface area contributed by atoms with Crippen molar-refractivity contribution in [2.75, 3.05) is 7.11 Å². The Balaban J connectivity index is 1.92. The van der Waals surface area contributed by atoms with E-state index < -0.39 is 99.8 Å². The molecule has 1 heterocycles. The monoisotopic (exact) mass is 534 g/mol. The number of benzene rings is 1. The Kier molecular flexibility index (Phi) is 4.65. The lowest BCUT2D eigenvalue weighted by Gasteiger charge is -2.48. The van der Waals surface area contributed by atoms with Gasteiger partial charge < -0.3 is 34.7 Å². The lowest BCUT2D eigenvalue weighted by atomic mass is 9.63. The van der Waals surface area contributed by atoms with Crippen molar-refractivity contribution in [1.82, 2.24) is 0 Å². The number of fused-ring (bicyclic) bond motifs is 5. The van der Waals surface area contributed by atoms with E-state index in [2.05, 4.69) is 0 Å². The summed E-state index contributed by atoms with van der Waals surface area (Å²) < 4.78 is 9.87. The maximum absolute atomic E-state index is 13.6. The summed E-state index contributed by atoms with van der Waals surface area (Å²) >= 11 is 0. The first-order valence-electron chi connectivity index (χ1n) is 11.6. The SMILES string of the molecule is COc1cc(=O)c2c(=O)c3c(c(=O)c=2c1=O)=C(O)[C@]1(O)c2c(cc4cc(C)oc(=O)c4c2O)CC[C@]1(O)C=3O. The van der Waals surface area contributed by atoms with Gasteiger partial charge in [0.25, 0.3) is 0 Å². The summed E-state index contributed by atoms with van der Waals surface area (Å²) in [5, 5.41) is 53.4. The third kappa shape index (κ3) is 2.66. The highest BCUT2D eigenvalue weighted by Gasteiger charge is 2.63. The largest absolute Gasteiger partial charge is 0.508 e. The van der Waals surface area contributed by atoms with Crippen LogP contribution in [0.5, 0.6) is 11.5 Å². The number of aliphatic hydroxyl groups is 4. The molecule has 0 unspecified atom stereocenters. The normalized spacial score (nSPS) is 22.1. The zero-order valence-corrected chi connectivity index (χ0v) is 20.2. The van der Waals surface area contributed by atoms with Crippen molar-refractivity contribution in [2.24, 2.45) is 0 Å². The van der Waals surface area contributed by atoms with Gasteiger partial charge in [0, 0.05) is 11.6 Å². The van der Waals surface area contributed by atoms with Crippen LogP contribution in [0.2, 0.25) is 0 Å². The van der Waals surface area contributed by atoms with Crippen LogP contribution in [0.15, 0.2) is 46.6 Å². The van der Waals surface area contributed by atoms with Crippen molar-refractivity contribution < 1.29 is 34.7 Å². The molecule has 2 atom stereocenters. The lowest BCUT2D eigenvalue weighted by Crippen LogP contribution is -2.68. The fourth-order valence-corrected chi connectivity index (χ4v) is 5.96. The minimum Gasteiger partial charge on any atom is -0.508 e. The van der Waals surface area contributed by atoms with Crippen LogP contribution in [0.25, 0.3) is 22.3 Å². The molecule has 6 rings (SSSR count). The summed E-state index contributed by atoms with van der Waals surface area (Å²) in [6.45, 7) is 1.50. The van der Waals surface area contributed by atoms with E-state index in [0.29, 0.717) is 6.07 Å². The molecule has 0 saturated heterocycles. The highest BCUT2D eigenvalue weighted by molar-refractivity contribution is 5.91. The minimum atomic E-state index is -3.17. The van der Waals surface area contributed by atoms with Crippen LogP contribution in [-0.4, -0.2) is 38.2 Å². The first kappa shape index (κ1) is 24.5. The maximum atomic E-state index is 13.6. The number of phenols is 1. The minimum absolute atomic E-state index is 0.135. The Morgan fingerprint density at radius 1 is 0.846 bits per heavy atom. The van der Waals surface area contributed by atoms with E-state index in [1.54, 1.807) is 0 Å². The van der Waals surface area contributed by atoms with Crippen molar-refractivity contribution in [2.45, 2.75) is 31.0 Å². The van der Waals surface area contributed by atoms with Gasteiger partial charge in [0.1, 0.15) is 28.4 Å². The van der Waals surface area contributed by atoms with Crippen molar-refractivity contribution >= 4 is 22.3 Å². The maximum Gasteiger partial charge on any atom is 0.347 e. The van der Waals surface area contributed by atoms with Crippen LogP contribution >= 0.6 is 0 Å². The number of aromatic hydroxyl groups is 1. The Hall–Kier alpha value is -4.81. The molecule has 0 spiro atoms. The van der Waals surface area contributed by atoms with Gasteiger partial charge in [-0.2, -0.15) is 0 Å². The van der Waals surface area contributed by atoms with Crippen LogP contribution in [-0.2, 0) is 12.0 Å². The third-order valence-electron chi connectivity index (χ3n) is 7.74. The Morgan fingerprint density at radius 3 is 2.15 bits per heavy atom. The molecule has 0 bridgehead atoms. The summed E-state index contributed by atoms with van der Waals surface area (Å²) in [6, 6.07) is 3.55. The smallest absolute Gasteiger partial charge is 0.347 e. The van der Waals surface area contributed by atoms with Gasteiger partial charge in [0.15, 0.2) is 22.4 Å². The average Bonchev–Trinajstić information content (AvgIpc) is 2.87. The second-order valence-electron chi connectivity index (χ2n) is 9.70. The Bertz CT molecular complexity index is 2290. The summed E-state index contributed by atoms with van der Waals surface area (Å²) in [7, 11) is 1.05. The molecule has 2 aromatic rings. The van der Waals surface area contributed by atoms with Crippen LogP contribution in [0, 0.1) is 17.4 Å². The van der Waals surface area contributed by atoms with Gasteiger partial charge in [0.05, 0.1) is 28.0 Å². The number of rotatable bonds is 1. The average molecular weight is 534 g/mol. The van der Waals surface area contributed by atoms with E-state index in [1.807, 2.05) is 0 Å². The quantitative estimate of drug-likeness (QED) is 0.176. The molecule has 0 fully saturated rings. The van der Waals surface area contributed by atoms with E-state index in [-0.39, 0.29) is 23.1 Å². The molecule has 0 saturated carbocycles. The standard InChI is InChI=1S/C27H18O12/c1-8-5-10-6-9-3-4-26(36)23(33)16-17(24(34)27(26,37)18(9)22(32)13(10)25(35)39-8)21(31)15-14(20(16)30)11(28)7-12(38-2)19(15)29/h5-7,32-34,36-37H,3-4H2,1-2H3/t26-,27+/m0/s1. The van der Waals surface area contributed by atoms with Crippen LogP contribution in [0.4, 0.5) is 0 Å². The Morgan fingerprint density at radius 2 is 1.49 bits per heavy atom. The molecule has 1 aromatic carbocycles. The second-order valence-corrected chi connectivity index (χ2v) is 9.70. The lowest BCUT2D eigenvalue weighted by molar-refractivity contribution is -0.121. The fraction of sp³-hybridized carbons (Fsp3) is 0.222. The van der Waals surface area contributed by atoms with E-state index in [9.17, 15) is 49.5 Å². The highest BCUT2D eigenvalue weighted by Crippen LogP contribution is 2.54. The Labute approximate surface area is 214 Å². The van der Waals surface area contributed by atoms with Crippen molar-refractivity contribution in [3.63, 3.8) is 0 Å². The van der Waals surface area contributed by atoms with Gasteiger partial charge in [-0.05, 0) is 36.8 Å². The highest BCUT2D eigenvalue weighted by atomic mass is 16.5. The molecule has 0 aliphatic heterocycles. The van der Waals surface area contributed by atoms with Gasteiger partial charge >= 0.3 is 5.63 Å². The molecule has 4 aliphatic carbocycles.